The van der Waals surface area contributed by atoms with Gasteiger partial charge in [0.2, 0.25) is 6.79 Å². The highest BCUT2D eigenvalue weighted by molar-refractivity contribution is 5.97. The maximum absolute atomic E-state index is 12.5. The molecule has 1 aliphatic rings. The molecule has 0 fully saturated rings. The Morgan fingerprint density at radius 3 is 2.57 bits per heavy atom. The molecule has 3 aromatic rings. The van der Waals surface area contributed by atoms with E-state index < -0.39 is 0 Å². The number of amides is 1. The Hall–Kier alpha value is -3.67. The first-order valence-electron chi connectivity index (χ1n) is 8.92. The van der Waals surface area contributed by atoms with E-state index in [9.17, 15) is 4.79 Å². The summed E-state index contributed by atoms with van der Waals surface area (Å²) in [6, 6.07) is 21.9. The van der Waals surface area contributed by atoms with Crippen LogP contribution >= 0.6 is 0 Å². The van der Waals surface area contributed by atoms with E-state index in [4.69, 9.17) is 18.9 Å². The van der Waals surface area contributed by atoms with Crippen molar-refractivity contribution in [2.45, 2.75) is 0 Å². The lowest BCUT2D eigenvalue weighted by Gasteiger charge is -2.12. The molecule has 1 aliphatic heterocycles. The maximum atomic E-state index is 12.5. The monoisotopic (exact) mass is 377 g/mol. The van der Waals surface area contributed by atoms with Crippen LogP contribution in [-0.4, -0.2) is 25.9 Å². The minimum absolute atomic E-state index is 0.221. The largest absolute Gasteiger partial charge is 0.492 e. The molecule has 0 saturated carbocycles. The third kappa shape index (κ3) is 4.17. The second kappa shape index (κ2) is 8.35. The fourth-order valence-corrected chi connectivity index (χ4v) is 2.75. The maximum Gasteiger partial charge on any atom is 0.255 e. The standard InChI is InChI=1S/C22H19NO5/c24-22(18-8-4-5-9-19(18)28-16-6-2-1-3-7-16)23-12-13-25-17-10-11-20-21(14-17)27-15-26-20/h1-11,14H,12-13,15H2,(H,23,24). The number of hydrogen-bond acceptors (Lipinski definition) is 5. The fraction of sp³-hybridized carbons (Fsp3) is 0.136. The highest BCUT2D eigenvalue weighted by Crippen LogP contribution is 2.35. The van der Waals surface area contributed by atoms with Gasteiger partial charge in [-0.1, -0.05) is 30.3 Å². The molecule has 0 atom stereocenters. The summed E-state index contributed by atoms with van der Waals surface area (Å²) in [5, 5.41) is 2.85. The molecular formula is C22H19NO5. The summed E-state index contributed by atoms with van der Waals surface area (Å²) < 4.78 is 22.1. The van der Waals surface area contributed by atoms with E-state index in [1.165, 1.54) is 0 Å². The fourth-order valence-electron chi connectivity index (χ4n) is 2.75. The molecule has 0 saturated heterocycles. The lowest BCUT2D eigenvalue weighted by molar-refractivity contribution is 0.0944. The predicted octanol–water partition coefficient (Wildman–Crippen LogP) is 4.02. The van der Waals surface area contributed by atoms with Crippen LogP contribution in [0.1, 0.15) is 10.4 Å². The Bertz CT molecular complexity index is 958. The van der Waals surface area contributed by atoms with Crippen molar-refractivity contribution in [3.8, 4) is 28.7 Å². The molecule has 4 rings (SSSR count). The first kappa shape index (κ1) is 17.7. The van der Waals surface area contributed by atoms with Gasteiger partial charge >= 0.3 is 0 Å². The number of benzene rings is 3. The number of carbonyl (C=O) groups is 1. The number of hydrogen-bond donors (Lipinski definition) is 1. The summed E-state index contributed by atoms with van der Waals surface area (Å²) >= 11 is 0. The highest BCUT2D eigenvalue weighted by Gasteiger charge is 2.14. The van der Waals surface area contributed by atoms with E-state index in [0.29, 0.717) is 47.5 Å². The van der Waals surface area contributed by atoms with E-state index in [1.807, 2.05) is 36.4 Å². The van der Waals surface area contributed by atoms with Gasteiger partial charge in [-0.2, -0.15) is 0 Å². The number of fused-ring (bicyclic) bond motifs is 1. The quantitative estimate of drug-likeness (QED) is 0.630. The molecule has 0 aromatic heterocycles. The molecule has 0 unspecified atom stereocenters. The van der Waals surface area contributed by atoms with Crippen LogP contribution in [0.2, 0.25) is 0 Å². The van der Waals surface area contributed by atoms with Gasteiger partial charge in [0.1, 0.15) is 23.9 Å². The summed E-state index contributed by atoms with van der Waals surface area (Å²) in [4.78, 5) is 12.5. The SMILES string of the molecule is O=C(NCCOc1ccc2c(c1)OCO2)c1ccccc1Oc1ccccc1. The molecule has 0 spiro atoms. The molecule has 1 N–H and O–H groups in total. The Morgan fingerprint density at radius 2 is 1.68 bits per heavy atom. The van der Waals surface area contributed by atoms with Crippen molar-refractivity contribution in [2.75, 3.05) is 19.9 Å². The average molecular weight is 377 g/mol. The molecule has 6 heteroatoms. The van der Waals surface area contributed by atoms with Gasteiger partial charge in [0.25, 0.3) is 5.91 Å². The van der Waals surface area contributed by atoms with Crippen molar-refractivity contribution in [3.63, 3.8) is 0 Å². The van der Waals surface area contributed by atoms with E-state index in [-0.39, 0.29) is 12.7 Å². The van der Waals surface area contributed by atoms with Crippen LogP contribution in [0, 0.1) is 0 Å². The Morgan fingerprint density at radius 1 is 0.893 bits per heavy atom. The minimum Gasteiger partial charge on any atom is -0.492 e. The molecule has 1 heterocycles. The normalized spacial score (nSPS) is 11.7. The second-order valence-electron chi connectivity index (χ2n) is 6.03. The van der Waals surface area contributed by atoms with Crippen molar-refractivity contribution in [3.05, 3.63) is 78.4 Å². The van der Waals surface area contributed by atoms with E-state index >= 15 is 0 Å². The van der Waals surface area contributed by atoms with Gasteiger partial charge < -0.3 is 24.3 Å². The topological polar surface area (TPSA) is 66.0 Å². The van der Waals surface area contributed by atoms with Gasteiger partial charge in [-0.3, -0.25) is 4.79 Å². The lowest BCUT2D eigenvalue weighted by atomic mass is 10.2. The average Bonchev–Trinajstić information content (AvgIpc) is 3.20. The van der Waals surface area contributed by atoms with Crippen LogP contribution in [0.4, 0.5) is 0 Å². The van der Waals surface area contributed by atoms with Crippen LogP contribution in [0.5, 0.6) is 28.7 Å². The minimum atomic E-state index is -0.221. The molecular weight excluding hydrogens is 358 g/mol. The summed E-state index contributed by atoms with van der Waals surface area (Å²) in [6.45, 7) is 0.902. The second-order valence-corrected chi connectivity index (χ2v) is 6.03. The number of para-hydroxylation sites is 2. The Kier molecular flexibility index (Phi) is 5.29. The van der Waals surface area contributed by atoms with Crippen molar-refractivity contribution in [1.82, 2.24) is 5.32 Å². The molecule has 3 aromatic carbocycles. The first-order valence-corrected chi connectivity index (χ1v) is 8.92. The van der Waals surface area contributed by atoms with Gasteiger partial charge in [-0.05, 0) is 36.4 Å². The molecule has 142 valence electrons. The Balaban J connectivity index is 1.32. The Labute approximate surface area is 162 Å². The number of rotatable bonds is 7. The third-order valence-corrected chi connectivity index (χ3v) is 4.10. The predicted molar refractivity (Wildman–Crippen MR) is 103 cm³/mol. The van der Waals surface area contributed by atoms with Crippen LogP contribution in [0.15, 0.2) is 72.8 Å². The van der Waals surface area contributed by atoms with Gasteiger partial charge in [-0.25, -0.2) is 0 Å². The number of nitrogens with one attached hydrogen (secondary N) is 1. The van der Waals surface area contributed by atoms with Gasteiger partial charge in [0, 0.05) is 6.07 Å². The molecule has 28 heavy (non-hydrogen) atoms. The molecule has 0 radical (unpaired) electrons. The van der Waals surface area contributed by atoms with E-state index in [2.05, 4.69) is 5.32 Å². The van der Waals surface area contributed by atoms with Gasteiger partial charge in [-0.15, -0.1) is 0 Å². The smallest absolute Gasteiger partial charge is 0.255 e. The zero-order valence-corrected chi connectivity index (χ0v) is 15.1. The number of carbonyl (C=O) groups excluding carboxylic acids is 1. The van der Waals surface area contributed by atoms with Crippen LogP contribution in [0.25, 0.3) is 0 Å². The summed E-state index contributed by atoms with van der Waals surface area (Å²) in [6.07, 6.45) is 0. The van der Waals surface area contributed by atoms with Crippen molar-refractivity contribution >= 4 is 5.91 Å². The molecule has 6 nitrogen and oxygen atoms in total. The molecule has 1 amide bonds. The first-order chi connectivity index (χ1) is 13.8. The highest BCUT2D eigenvalue weighted by atomic mass is 16.7. The summed E-state index contributed by atoms with van der Waals surface area (Å²) in [5.74, 6) is 2.98. The summed E-state index contributed by atoms with van der Waals surface area (Å²) in [7, 11) is 0. The zero-order valence-electron chi connectivity index (χ0n) is 15.1. The van der Waals surface area contributed by atoms with Gasteiger partial charge in [0.05, 0.1) is 12.1 Å². The van der Waals surface area contributed by atoms with Gasteiger partial charge in [0.15, 0.2) is 11.5 Å². The molecule has 0 bridgehead atoms. The third-order valence-electron chi connectivity index (χ3n) is 4.10. The molecule has 0 aliphatic carbocycles. The van der Waals surface area contributed by atoms with Crippen molar-refractivity contribution in [2.24, 2.45) is 0 Å². The lowest BCUT2D eigenvalue weighted by Crippen LogP contribution is -2.28. The van der Waals surface area contributed by atoms with E-state index in [0.717, 1.165) is 0 Å². The van der Waals surface area contributed by atoms with Crippen molar-refractivity contribution in [1.29, 1.82) is 0 Å². The van der Waals surface area contributed by atoms with Crippen LogP contribution in [0.3, 0.4) is 0 Å². The van der Waals surface area contributed by atoms with Crippen LogP contribution < -0.4 is 24.3 Å². The van der Waals surface area contributed by atoms with E-state index in [1.54, 1.807) is 36.4 Å². The van der Waals surface area contributed by atoms with Crippen LogP contribution in [-0.2, 0) is 0 Å². The number of ether oxygens (including phenoxy) is 4. The summed E-state index contributed by atoms with van der Waals surface area (Å²) in [5.41, 5.74) is 0.467. The van der Waals surface area contributed by atoms with Crippen molar-refractivity contribution < 1.29 is 23.7 Å². The zero-order chi connectivity index (χ0) is 19.2.